The van der Waals surface area contributed by atoms with Crippen molar-refractivity contribution in [1.29, 1.82) is 0 Å². The zero-order chi connectivity index (χ0) is 16.5. The predicted molar refractivity (Wildman–Crippen MR) is 90.5 cm³/mol. The molecular formula is C15H21Cl2N3O2. The molecule has 7 heteroatoms. The van der Waals surface area contributed by atoms with Crippen molar-refractivity contribution in [2.24, 2.45) is 0 Å². The Bertz CT molecular complexity index is 503. The largest absolute Gasteiger partial charge is 0.334 e. The number of likely N-dealkylation sites (N-methyl/N-ethyl adjacent to an activating group) is 1. The van der Waals surface area contributed by atoms with E-state index < -0.39 is 0 Å². The maximum Gasteiger partial charge on any atom is 0.244 e. The number of anilines is 1. The van der Waals surface area contributed by atoms with Crippen LogP contribution in [0.1, 0.15) is 19.8 Å². The Morgan fingerprint density at radius 1 is 1.23 bits per heavy atom. The number of halogens is 2. The third-order valence-corrected chi connectivity index (χ3v) is 3.74. The van der Waals surface area contributed by atoms with Gasteiger partial charge in [0.2, 0.25) is 11.8 Å². The van der Waals surface area contributed by atoms with E-state index in [1.54, 1.807) is 18.2 Å². The van der Waals surface area contributed by atoms with Gasteiger partial charge in [0.15, 0.2) is 0 Å². The fourth-order valence-electron chi connectivity index (χ4n) is 1.92. The fourth-order valence-corrected chi connectivity index (χ4v) is 2.41. The number of hydrogen-bond acceptors (Lipinski definition) is 3. The molecule has 0 saturated heterocycles. The van der Waals surface area contributed by atoms with Crippen LogP contribution in [0.25, 0.3) is 0 Å². The van der Waals surface area contributed by atoms with Gasteiger partial charge in [-0.1, -0.05) is 29.3 Å². The van der Waals surface area contributed by atoms with Crippen LogP contribution in [0.5, 0.6) is 0 Å². The Morgan fingerprint density at radius 2 is 1.86 bits per heavy atom. The van der Waals surface area contributed by atoms with E-state index in [1.807, 2.05) is 14.0 Å². The molecule has 0 unspecified atom stereocenters. The molecule has 22 heavy (non-hydrogen) atoms. The lowest BCUT2D eigenvalue weighted by molar-refractivity contribution is -0.134. The fraction of sp³-hybridized carbons (Fsp3) is 0.467. The van der Waals surface area contributed by atoms with E-state index in [0.29, 0.717) is 28.7 Å². The minimum atomic E-state index is -0.321. The molecule has 0 heterocycles. The highest BCUT2D eigenvalue weighted by Gasteiger charge is 2.16. The second-order valence-corrected chi connectivity index (χ2v) is 5.57. The van der Waals surface area contributed by atoms with Crippen LogP contribution in [0.2, 0.25) is 10.0 Å². The lowest BCUT2D eigenvalue weighted by atomic mass is 10.2. The molecule has 5 nitrogen and oxygen atoms in total. The highest BCUT2D eigenvalue weighted by molar-refractivity contribution is 6.39. The SMILES string of the molecule is CCN(CC(=O)Nc1c(Cl)cccc1Cl)C(=O)CCCNC. The molecule has 0 aliphatic heterocycles. The zero-order valence-electron chi connectivity index (χ0n) is 12.8. The second kappa shape index (κ2) is 9.66. The summed E-state index contributed by atoms with van der Waals surface area (Å²) in [5, 5.41) is 6.37. The molecule has 1 aromatic carbocycles. The van der Waals surface area contributed by atoms with E-state index in [9.17, 15) is 9.59 Å². The van der Waals surface area contributed by atoms with Crippen LogP contribution < -0.4 is 10.6 Å². The van der Waals surface area contributed by atoms with E-state index in [4.69, 9.17) is 23.2 Å². The van der Waals surface area contributed by atoms with Gasteiger partial charge in [-0.25, -0.2) is 0 Å². The highest BCUT2D eigenvalue weighted by atomic mass is 35.5. The molecule has 122 valence electrons. The van der Waals surface area contributed by atoms with Gasteiger partial charge in [0, 0.05) is 13.0 Å². The van der Waals surface area contributed by atoms with Gasteiger partial charge in [-0.15, -0.1) is 0 Å². The van der Waals surface area contributed by atoms with Gasteiger partial charge >= 0.3 is 0 Å². The van der Waals surface area contributed by atoms with Crippen LogP contribution in [0.3, 0.4) is 0 Å². The minimum Gasteiger partial charge on any atom is -0.334 e. The number of amides is 2. The Balaban J connectivity index is 2.60. The normalized spacial score (nSPS) is 10.4. The van der Waals surface area contributed by atoms with Crippen LogP contribution in [-0.2, 0) is 9.59 Å². The number of hydrogen-bond donors (Lipinski definition) is 2. The third-order valence-electron chi connectivity index (χ3n) is 3.11. The Hall–Kier alpha value is -1.30. The van der Waals surface area contributed by atoms with Gasteiger partial charge in [-0.05, 0) is 39.1 Å². The van der Waals surface area contributed by atoms with Crippen LogP contribution in [0.4, 0.5) is 5.69 Å². The van der Waals surface area contributed by atoms with E-state index in [2.05, 4.69) is 10.6 Å². The number of rotatable bonds is 8. The number of nitrogens with zero attached hydrogens (tertiary/aromatic N) is 1. The first-order chi connectivity index (χ1) is 10.5. The number of benzene rings is 1. The van der Waals surface area contributed by atoms with E-state index in [1.165, 1.54) is 4.90 Å². The number of nitrogens with one attached hydrogen (secondary N) is 2. The third kappa shape index (κ3) is 5.83. The Morgan fingerprint density at radius 3 is 2.41 bits per heavy atom. The molecule has 0 spiro atoms. The number of carbonyl (C=O) groups excluding carboxylic acids is 2. The number of carbonyl (C=O) groups is 2. The summed E-state index contributed by atoms with van der Waals surface area (Å²) >= 11 is 12.0. The Kier molecular flexibility index (Phi) is 8.24. The summed E-state index contributed by atoms with van der Waals surface area (Å²) in [6.45, 7) is 3.06. The van der Waals surface area contributed by atoms with Crippen molar-refractivity contribution >= 4 is 40.7 Å². The van der Waals surface area contributed by atoms with Crippen LogP contribution >= 0.6 is 23.2 Å². The van der Waals surface area contributed by atoms with E-state index >= 15 is 0 Å². The monoisotopic (exact) mass is 345 g/mol. The molecule has 0 radical (unpaired) electrons. The van der Waals surface area contributed by atoms with E-state index in [0.717, 1.165) is 13.0 Å². The molecule has 0 aliphatic rings. The maximum absolute atomic E-state index is 12.1. The molecule has 0 atom stereocenters. The molecule has 0 bridgehead atoms. The summed E-state index contributed by atoms with van der Waals surface area (Å²) in [6, 6.07) is 4.98. The first-order valence-electron chi connectivity index (χ1n) is 7.15. The smallest absolute Gasteiger partial charge is 0.244 e. The summed E-state index contributed by atoms with van der Waals surface area (Å²) in [5.74, 6) is -0.364. The minimum absolute atomic E-state index is 0.0174. The first kappa shape index (κ1) is 18.7. The molecule has 0 aliphatic carbocycles. The topological polar surface area (TPSA) is 61.4 Å². The molecule has 2 N–H and O–H groups in total. The van der Waals surface area contributed by atoms with Crippen molar-refractivity contribution in [2.45, 2.75) is 19.8 Å². The van der Waals surface area contributed by atoms with Crippen LogP contribution in [0.15, 0.2) is 18.2 Å². The van der Waals surface area contributed by atoms with Gasteiger partial charge in [0.25, 0.3) is 0 Å². The average molecular weight is 346 g/mol. The lowest BCUT2D eigenvalue weighted by Crippen LogP contribution is -2.38. The van der Waals surface area contributed by atoms with E-state index in [-0.39, 0.29) is 18.4 Å². The Labute approximate surface area is 141 Å². The molecule has 2 amide bonds. The highest BCUT2D eigenvalue weighted by Crippen LogP contribution is 2.29. The quantitative estimate of drug-likeness (QED) is 0.712. The summed E-state index contributed by atoms with van der Waals surface area (Å²) in [7, 11) is 1.84. The van der Waals surface area contributed by atoms with Gasteiger partial charge in [0.1, 0.15) is 0 Å². The maximum atomic E-state index is 12.1. The van der Waals surface area contributed by atoms with Crippen molar-refractivity contribution in [1.82, 2.24) is 10.2 Å². The summed E-state index contributed by atoms with van der Waals surface area (Å²) in [6.07, 6.45) is 1.15. The first-order valence-corrected chi connectivity index (χ1v) is 7.91. The second-order valence-electron chi connectivity index (χ2n) is 4.76. The summed E-state index contributed by atoms with van der Waals surface area (Å²) in [4.78, 5) is 25.6. The molecule has 0 saturated carbocycles. The lowest BCUT2D eigenvalue weighted by Gasteiger charge is -2.20. The van der Waals surface area contributed by atoms with Crippen molar-refractivity contribution in [3.05, 3.63) is 28.2 Å². The van der Waals surface area contributed by atoms with Crippen LogP contribution in [0, 0.1) is 0 Å². The van der Waals surface area contributed by atoms with Crippen molar-refractivity contribution < 1.29 is 9.59 Å². The van der Waals surface area contributed by atoms with Gasteiger partial charge in [-0.3, -0.25) is 9.59 Å². The molecule has 0 fully saturated rings. The molecule has 0 aromatic heterocycles. The molecule has 1 rings (SSSR count). The summed E-state index contributed by atoms with van der Waals surface area (Å²) < 4.78 is 0. The standard InChI is InChI=1S/C15H21Cl2N3O2/c1-3-20(14(22)8-5-9-18-2)10-13(21)19-15-11(16)6-4-7-12(15)17/h4,6-7,18H,3,5,8-10H2,1-2H3,(H,19,21). The van der Waals surface area contributed by atoms with Gasteiger partial charge in [0.05, 0.1) is 22.3 Å². The van der Waals surface area contributed by atoms with Crippen molar-refractivity contribution in [3.63, 3.8) is 0 Å². The van der Waals surface area contributed by atoms with Gasteiger partial charge < -0.3 is 15.5 Å². The van der Waals surface area contributed by atoms with Crippen LogP contribution in [-0.4, -0.2) is 43.4 Å². The molecule has 1 aromatic rings. The average Bonchev–Trinajstić information content (AvgIpc) is 2.48. The zero-order valence-corrected chi connectivity index (χ0v) is 14.3. The van der Waals surface area contributed by atoms with Crippen molar-refractivity contribution in [3.8, 4) is 0 Å². The number of para-hydroxylation sites is 1. The summed E-state index contributed by atoms with van der Waals surface area (Å²) in [5.41, 5.74) is 0.370. The van der Waals surface area contributed by atoms with Crippen molar-refractivity contribution in [2.75, 3.05) is 32.0 Å². The van der Waals surface area contributed by atoms with Gasteiger partial charge in [-0.2, -0.15) is 0 Å². The molecular weight excluding hydrogens is 325 g/mol. The predicted octanol–water partition coefficient (Wildman–Crippen LogP) is 2.78.